The molecule has 0 amide bonds. The van der Waals surface area contributed by atoms with E-state index >= 15 is 0 Å². The summed E-state index contributed by atoms with van der Waals surface area (Å²) in [6, 6.07) is 18.4. The van der Waals surface area contributed by atoms with Gasteiger partial charge in [-0.3, -0.25) is 4.40 Å². The van der Waals surface area contributed by atoms with Gasteiger partial charge in [0.25, 0.3) is 0 Å². The van der Waals surface area contributed by atoms with Crippen molar-refractivity contribution in [1.82, 2.24) is 9.38 Å². The Hall–Kier alpha value is -3.14. The number of aromatic nitrogens is 2. The van der Waals surface area contributed by atoms with Gasteiger partial charge in [-0.1, -0.05) is 48.0 Å². The molecule has 0 unspecified atom stereocenters. The molecule has 0 saturated heterocycles. The molecule has 2 aromatic heterocycles. The topological polar surface area (TPSA) is 43.6 Å². The third-order valence-electron chi connectivity index (χ3n) is 4.27. The van der Waals surface area contributed by atoms with Gasteiger partial charge in [-0.2, -0.15) is 0 Å². The summed E-state index contributed by atoms with van der Waals surface area (Å²) in [6.07, 6.45) is 1.68. The molecule has 0 bridgehead atoms. The summed E-state index contributed by atoms with van der Waals surface area (Å²) < 4.78 is 6.82. The molecule has 2 aromatic carbocycles. The smallest absolute Gasteiger partial charge is 0.356 e. The number of hydrogen-bond donors (Lipinski definition) is 0. The standard InChI is InChI=1S/C20H16N2O2/c1-13-7-9-14(10-8-13)19-15-5-3-4-6-17(15)22-12-21-16(11-18(19)22)20(23)24-2/h3-12H,1-2H3. The zero-order chi connectivity index (χ0) is 16.7. The molecule has 24 heavy (non-hydrogen) atoms. The largest absolute Gasteiger partial charge is 0.464 e. The number of fused-ring (bicyclic) bond motifs is 3. The zero-order valence-electron chi connectivity index (χ0n) is 13.5. The second-order valence-electron chi connectivity index (χ2n) is 5.78. The van der Waals surface area contributed by atoms with Crippen LogP contribution in [-0.4, -0.2) is 22.5 Å². The minimum Gasteiger partial charge on any atom is -0.464 e. The molecule has 4 aromatic rings. The fourth-order valence-corrected chi connectivity index (χ4v) is 3.08. The van der Waals surface area contributed by atoms with Crippen LogP contribution in [0.2, 0.25) is 0 Å². The molecule has 4 heteroatoms. The molecular formula is C20H16N2O2. The lowest BCUT2D eigenvalue weighted by Crippen LogP contribution is -2.05. The summed E-state index contributed by atoms with van der Waals surface area (Å²) in [7, 11) is 1.36. The van der Waals surface area contributed by atoms with Crippen LogP contribution in [0.3, 0.4) is 0 Å². The summed E-state index contributed by atoms with van der Waals surface area (Å²) >= 11 is 0. The van der Waals surface area contributed by atoms with E-state index in [2.05, 4.69) is 48.3 Å². The molecule has 0 aliphatic heterocycles. The monoisotopic (exact) mass is 316 g/mol. The molecule has 0 fully saturated rings. The summed E-state index contributed by atoms with van der Waals surface area (Å²) in [5, 5.41) is 1.13. The minimum atomic E-state index is -0.433. The number of ether oxygens (including phenoxy) is 1. The number of rotatable bonds is 2. The first-order chi connectivity index (χ1) is 11.7. The molecule has 0 aliphatic rings. The highest BCUT2D eigenvalue weighted by Crippen LogP contribution is 2.35. The summed E-state index contributed by atoms with van der Waals surface area (Å²) in [5.74, 6) is -0.433. The highest BCUT2D eigenvalue weighted by molar-refractivity contribution is 6.06. The van der Waals surface area contributed by atoms with Gasteiger partial charge in [-0.05, 0) is 24.6 Å². The third kappa shape index (κ3) is 2.15. The average Bonchev–Trinajstić information content (AvgIpc) is 2.95. The second-order valence-corrected chi connectivity index (χ2v) is 5.78. The zero-order valence-corrected chi connectivity index (χ0v) is 13.5. The number of esters is 1. The predicted molar refractivity (Wildman–Crippen MR) is 94.2 cm³/mol. The Morgan fingerprint density at radius 1 is 1.04 bits per heavy atom. The van der Waals surface area contributed by atoms with Crippen LogP contribution in [0.1, 0.15) is 16.1 Å². The maximum Gasteiger partial charge on any atom is 0.356 e. The van der Waals surface area contributed by atoms with E-state index in [1.165, 1.54) is 12.7 Å². The van der Waals surface area contributed by atoms with Gasteiger partial charge in [0.15, 0.2) is 5.69 Å². The van der Waals surface area contributed by atoms with Crippen molar-refractivity contribution in [2.75, 3.05) is 7.11 Å². The van der Waals surface area contributed by atoms with E-state index in [1.54, 1.807) is 12.4 Å². The molecular weight excluding hydrogens is 300 g/mol. The van der Waals surface area contributed by atoms with Crippen molar-refractivity contribution in [1.29, 1.82) is 0 Å². The second kappa shape index (κ2) is 5.49. The van der Waals surface area contributed by atoms with Crippen LogP contribution < -0.4 is 0 Å². The first-order valence-corrected chi connectivity index (χ1v) is 7.73. The highest BCUT2D eigenvalue weighted by Gasteiger charge is 2.16. The van der Waals surface area contributed by atoms with Crippen LogP contribution in [0.25, 0.3) is 27.5 Å². The van der Waals surface area contributed by atoms with Gasteiger partial charge < -0.3 is 4.74 Å². The molecule has 0 saturated carbocycles. The third-order valence-corrected chi connectivity index (χ3v) is 4.27. The molecule has 2 heterocycles. The SMILES string of the molecule is COC(=O)c1cc2c(-c3ccc(C)cc3)c3ccccc3n2cn1. The number of benzene rings is 2. The number of carbonyl (C=O) groups excluding carboxylic acids is 1. The molecule has 0 atom stereocenters. The Balaban J connectivity index is 2.10. The normalized spacial score (nSPS) is 11.1. The number of methoxy groups -OCH3 is 1. The Bertz CT molecular complexity index is 1060. The van der Waals surface area contributed by atoms with Crippen molar-refractivity contribution in [2.24, 2.45) is 0 Å². The van der Waals surface area contributed by atoms with E-state index in [1.807, 2.05) is 16.5 Å². The van der Waals surface area contributed by atoms with Crippen molar-refractivity contribution in [3.8, 4) is 11.1 Å². The van der Waals surface area contributed by atoms with Gasteiger partial charge >= 0.3 is 5.97 Å². The number of para-hydroxylation sites is 1. The average molecular weight is 316 g/mol. The van der Waals surface area contributed by atoms with Gasteiger partial charge in [0.1, 0.15) is 6.33 Å². The van der Waals surface area contributed by atoms with Crippen LogP contribution in [0.15, 0.2) is 60.9 Å². The molecule has 4 nitrogen and oxygen atoms in total. The Kier molecular flexibility index (Phi) is 3.31. The van der Waals surface area contributed by atoms with Crippen LogP contribution >= 0.6 is 0 Å². The number of hydrogen-bond acceptors (Lipinski definition) is 3. The van der Waals surface area contributed by atoms with Gasteiger partial charge in [0.05, 0.1) is 18.1 Å². The van der Waals surface area contributed by atoms with E-state index in [0.717, 1.165) is 27.5 Å². The van der Waals surface area contributed by atoms with E-state index in [4.69, 9.17) is 4.74 Å². The van der Waals surface area contributed by atoms with Crippen molar-refractivity contribution in [3.63, 3.8) is 0 Å². The Morgan fingerprint density at radius 3 is 2.54 bits per heavy atom. The van der Waals surface area contributed by atoms with Crippen molar-refractivity contribution in [3.05, 3.63) is 72.2 Å². The van der Waals surface area contributed by atoms with Gasteiger partial charge in [0, 0.05) is 10.9 Å². The number of nitrogens with zero attached hydrogens (tertiary/aromatic N) is 2. The van der Waals surface area contributed by atoms with Crippen LogP contribution in [-0.2, 0) is 4.74 Å². The molecule has 118 valence electrons. The van der Waals surface area contributed by atoms with Gasteiger partial charge in [-0.15, -0.1) is 0 Å². The van der Waals surface area contributed by atoms with Crippen LogP contribution in [0, 0.1) is 6.92 Å². The van der Waals surface area contributed by atoms with Crippen molar-refractivity contribution >= 4 is 22.4 Å². The van der Waals surface area contributed by atoms with Gasteiger partial charge in [0.2, 0.25) is 0 Å². The van der Waals surface area contributed by atoms with Crippen LogP contribution in [0.5, 0.6) is 0 Å². The van der Waals surface area contributed by atoms with Gasteiger partial charge in [-0.25, -0.2) is 9.78 Å². The fourth-order valence-electron chi connectivity index (χ4n) is 3.08. The van der Waals surface area contributed by atoms with E-state index in [9.17, 15) is 4.79 Å². The van der Waals surface area contributed by atoms with Crippen LogP contribution in [0.4, 0.5) is 0 Å². The van der Waals surface area contributed by atoms with E-state index < -0.39 is 5.97 Å². The Morgan fingerprint density at radius 2 is 1.79 bits per heavy atom. The first-order valence-electron chi connectivity index (χ1n) is 7.73. The minimum absolute atomic E-state index is 0.307. The van der Waals surface area contributed by atoms with Crippen molar-refractivity contribution in [2.45, 2.75) is 6.92 Å². The van der Waals surface area contributed by atoms with Crippen molar-refractivity contribution < 1.29 is 9.53 Å². The Labute approximate surface area is 139 Å². The molecule has 0 radical (unpaired) electrons. The van der Waals surface area contributed by atoms with E-state index in [-0.39, 0.29) is 0 Å². The number of carbonyl (C=O) groups is 1. The predicted octanol–water partition coefficient (Wildman–Crippen LogP) is 4.25. The van der Waals surface area contributed by atoms with E-state index in [0.29, 0.717) is 5.69 Å². The maximum atomic E-state index is 11.9. The quantitative estimate of drug-likeness (QED) is 0.519. The summed E-state index contributed by atoms with van der Waals surface area (Å²) in [5.41, 5.74) is 5.73. The molecule has 0 spiro atoms. The highest BCUT2D eigenvalue weighted by atomic mass is 16.5. The molecule has 4 rings (SSSR count). The summed E-state index contributed by atoms with van der Waals surface area (Å²) in [4.78, 5) is 16.1. The summed E-state index contributed by atoms with van der Waals surface area (Å²) in [6.45, 7) is 2.07. The number of aryl methyl sites for hydroxylation is 1. The fraction of sp³-hybridized carbons (Fsp3) is 0.100. The lowest BCUT2D eigenvalue weighted by molar-refractivity contribution is 0.0594. The maximum absolute atomic E-state index is 11.9. The molecule has 0 aliphatic carbocycles. The first kappa shape index (κ1) is 14.5. The lowest BCUT2D eigenvalue weighted by Gasteiger charge is -2.04. The molecule has 0 N–H and O–H groups in total. The lowest BCUT2D eigenvalue weighted by atomic mass is 10.0.